The van der Waals surface area contributed by atoms with E-state index in [9.17, 15) is 0 Å². The van der Waals surface area contributed by atoms with Crippen molar-refractivity contribution < 1.29 is 0 Å². The molecule has 0 atom stereocenters. The fraction of sp³-hybridized carbons (Fsp3) is 0.500. The summed E-state index contributed by atoms with van der Waals surface area (Å²) in [6.45, 7) is 23.1. The van der Waals surface area contributed by atoms with Crippen molar-refractivity contribution >= 4 is 45.4 Å². The molecule has 0 aliphatic heterocycles. The summed E-state index contributed by atoms with van der Waals surface area (Å²) in [6.07, 6.45) is 2.26. The zero-order chi connectivity index (χ0) is 24.3. The molecule has 0 saturated heterocycles. The van der Waals surface area contributed by atoms with Crippen LogP contribution in [0.25, 0.3) is 31.9 Å². The average molecular weight is 497 g/mol. The largest absolute Gasteiger partial charge is 0.172 e. The van der Waals surface area contributed by atoms with Crippen LogP contribution < -0.4 is 0 Å². The Morgan fingerprint density at radius 2 is 1.00 bits per heavy atom. The van der Waals surface area contributed by atoms with E-state index in [1.807, 2.05) is 22.7 Å². The Balaban J connectivity index is 1.91. The molecule has 0 aliphatic carbocycles. The summed E-state index contributed by atoms with van der Waals surface area (Å²) in [7, 11) is 0. The topological polar surface area (TPSA) is 25.8 Å². The molecule has 0 radical (unpaired) electrons. The number of hydrogen-bond acceptors (Lipinski definition) is 5. The molecule has 33 heavy (non-hydrogen) atoms. The van der Waals surface area contributed by atoms with Gasteiger partial charge in [0.1, 0.15) is 11.0 Å². The monoisotopic (exact) mass is 496 g/mol. The molecule has 0 amide bonds. The molecule has 0 fully saturated rings. The van der Waals surface area contributed by atoms with E-state index in [0.29, 0.717) is 0 Å². The predicted octanol–water partition coefficient (Wildman–Crippen LogP) is 9.76. The normalized spacial score (nSPS) is 12.8. The Morgan fingerprint density at radius 1 is 0.636 bits per heavy atom. The third-order valence-electron chi connectivity index (χ3n) is 7.80. The van der Waals surface area contributed by atoms with Gasteiger partial charge in [0.25, 0.3) is 0 Å². The van der Waals surface area contributed by atoms with Gasteiger partial charge in [0.2, 0.25) is 0 Å². The second-order valence-corrected chi connectivity index (χ2v) is 13.2. The number of aromatic nitrogens is 2. The lowest BCUT2D eigenvalue weighted by molar-refractivity contribution is 0.514. The highest BCUT2D eigenvalue weighted by atomic mass is 32.1. The standard InChI is InChI=1S/C28H36N2S3/c1-11-27(7,8)25-17(5)15(3)23(31-25)19-13-14-20(22-21(19)29-33-30-22)24-16(4)18(6)26(32-24)28(9,10)12-2/h13-14H,11-12H2,1-10H3. The predicted molar refractivity (Wildman–Crippen MR) is 150 cm³/mol. The Kier molecular flexibility index (Phi) is 6.39. The molecule has 0 spiro atoms. The first-order valence-corrected chi connectivity index (χ1v) is 14.3. The molecule has 0 N–H and O–H groups in total. The molecular formula is C28H36N2S3. The van der Waals surface area contributed by atoms with Crippen LogP contribution in [0, 0.1) is 27.7 Å². The van der Waals surface area contributed by atoms with Gasteiger partial charge in [0.15, 0.2) is 0 Å². The van der Waals surface area contributed by atoms with Crippen molar-refractivity contribution in [3.8, 4) is 20.9 Å². The van der Waals surface area contributed by atoms with Crippen LogP contribution in [0.1, 0.15) is 86.4 Å². The summed E-state index contributed by atoms with van der Waals surface area (Å²) in [4.78, 5) is 5.68. The fourth-order valence-electron chi connectivity index (χ4n) is 4.55. The van der Waals surface area contributed by atoms with Crippen molar-refractivity contribution in [3.63, 3.8) is 0 Å². The summed E-state index contributed by atoms with van der Waals surface area (Å²) >= 11 is 5.23. The van der Waals surface area contributed by atoms with Crippen LogP contribution >= 0.6 is 34.4 Å². The molecule has 176 valence electrons. The Morgan fingerprint density at radius 3 is 1.33 bits per heavy atom. The second kappa shape index (κ2) is 8.58. The Bertz CT molecular complexity index is 1230. The molecule has 2 nitrogen and oxygen atoms in total. The fourth-order valence-corrected chi connectivity index (χ4v) is 8.15. The Hall–Kier alpha value is -1.56. The molecular weight excluding hydrogens is 461 g/mol. The minimum Gasteiger partial charge on any atom is -0.172 e. The molecule has 3 aromatic heterocycles. The van der Waals surface area contributed by atoms with Crippen molar-refractivity contribution in [1.82, 2.24) is 8.75 Å². The van der Waals surface area contributed by atoms with Gasteiger partial charge in [0.05, 0.1) is 11.7 Å². The van der Waals surface area contributed by atoms with Crippen LogP contribution in [-0.4, -0.2) is 8.75 Å². The van der Waals surface area contributed by atoms with Crippen molar-refractivity contribution in [1.29, 1.82) is 0 Å². The van der Waals surface area contributed by atoms with Gasteiger partial charge in [-0.05, 0) is 73.6 Å². The summed E-state index contributed by atoms with van der Waals surface area (Å²) in [5, 5.41) is 0. The lowest BCUT2D eigenvalue weighted by Gasteiger charge is -2.22. The van der Waals surface area contributed by atoms with Gasteiger partial charge in [-0.3, -0.25) is 0 Å². The van der Waals surface area contributed by atoms with E-state index in [0.717, 1.165) is 23.9 Å². The maximum Gasteiger partial charge on any atom is 0.114 e. The zero-order valence-corrected chi connectivity index (χ0v) is 24.1. The number of thiophene rings is 2. The molecule has 5 heteroatoms. The molecule has 1 aromatic carbocycles. The van der Waals surface area contributed by atoms with Crippen molar-refractivity contribution in [2.24, 2.45) is 0 Å². The lowest BCUT2D eigenvalue weighted by atomic mass is 9.85. The molecule has 4 aromatic rings. The van der Waals surface area contributed by atoms with Crippen LogP contribution in [-0.2, 0) is 10.8 Å². The highest BCUT2D eigenvalue weighted by molar-refractivity contribution is 7.16. The maximum atomic E-state index is 4.81. The first-order chi connectivity index (χ1) is 15.4. The SMILES string of the molecule is CCC(C)(C)c1sc(-c2ccc(-c3sc(C(C)(C)CC)c(C)c3C)c3nsnc23)c(C)c1C. The number of rotatable bonds is 6. The highest BCUT2D eigenvalue weighted by Gasteiger charge is 2.29. The van der Waals surface area contributed by atoms with E-state index < -0.39 is 0 Å². The van der Waals surface area contributed by atoms with Gasteiger partial charge in [-0.15, -0.1) is 22.7 Å². The first kappa shape index (κ1) is 24.6. The molecule has 0 unspecified atom stereocenters. The first-order valence-electron chi connectivity index (χ1n) is 11.9. The number of fused-ring (bicyclic) bond motifs is 1. The van der Waals surface area contributed by atoms with Gasteiger partial charge in [-0.1, -0.05) is 53.7 Å². The Labute approximate surface area is 211 Å². The number of nitrogens with zero attached hydrogens (tertiary/aromatic N) is 2. The van der Waals surface area contributed by atoms with Gasteiger partial charge in [-0.2, -0.15) is 8.75 Å². The maximum absolute atomic E-state index is 4.81. The van der Waals surface area contributed by atoms with Gasteiger partial charge < -0.3 is 0 Å². The van der Waals surface area contributed by atoms with E-state index >= 15 is 0 Å². The summed E-state index contributed by atoms with van der Waals surface area (Å²) in [5.41, 5.74) is 10.5. The van der Waals surface area contributed by atoms with Gasteiger partial charge in [-0.25, -0.2) is 0 Å². The van der Waals surface area contributed by atoms with E-state index in [1.165, 1.54) is 64.6 Å². The van der Waals surface area contributed by atoms with E-state index in [-0.39, 0.29) is 10.8 Å². The highest BCUT2D eigenvalue weighted by Crippen LogP contribution is 2.48. The van der Waals surface area contributed by atoms with E-state index in [4.69, 9.17) is 8.75 Å². The van der Waals surface area contributed by atoms with Crippen molar-refractivity contribution in [3.05, 3.63) is 44.1 Å². The van der Waals surface area contributed by atoms with Crippen LogP contribution in [0.2, 0.25) is 0 Å². The second-order valence-electron chi connectivity index (χ2n) is 10.6. The third kappa shape index (κ3) is 3.90. The van der Waals surface area contributed by atoms with Gasteiger partial charge >= 0.3 is 0 Å². The summed E-state index contributed by atoms with van der Waals surface area (Å²) in [6, 6.07) is 4.58. The number of benzene rings is 1. The van der Waals surface area contributed by atoms with Crippen LogP contribution in [0.3, 0.4) is 0 Å². The zero-order valence-electron chi connectivity index (χ0n) is 21.7. The summed E-state index contributed by atoms with van der Waals surface area (Å²) in [5.74, 6) is 0. The minimum atomic E-state index is 0.186. The summed E-state index contributed by atoms with van der Waals surface area (Å²) < 4.78 is 9.62. The molecule has 0 bridgehead atoms. The number of hydrogen-bond donors (Lipinski definition) is 0. The van der Waals surface area contributed by atoms with E-state index in [2.05, 4.69) is 81.4 Å². The lowest BCUT2D eigenvalue weighted by Crippen LogP contribution is -2.14. The molecule has 0 saturated carbocycles. The van der Waals surface area contributed by atoms with E-state index in [1.54, 1.807) is 0 Å². The van der Waals surface area contributed by atoms with Crippen LogP contribution in [0.5, 0.6) is 0 Å². The van der Waals surface area contributed by atoms with Crippen LogP contribution in [0.15, 0.2) is 12.1 Å². The average Bonchev–Trinajstić information content (AvgIpc) is 3.47. The smallest absolute Gasteiger partial charge is 0.114 e. The molecule has 0 aliphatic rings. The van der Waals surface area contributed by atoms with Crippen LogP contribution in [0.4, 0.5) is 0 Å². The minimum absolute atomic E-state index is 0.186. The van der Waals surface area contributed by atoms with Crippen molar-refractivity contribution in [2.75, 3.05) is 0 Å². The third-order valence-corrected chi connectivity index (χ3v) is 11.9. The molecule has 3 heterocycles. The van der Waals surface area contributed by atoms with Crippen molar-refractivity contribution in [2.45, 2.75) is 92.9 Å². The molecule has 4 rings (SSSR count). The van der Waals surface area contributed by atoms with Gasteiger partial charge in [0, 0.05) is 30.6 Å². The quantitative estimate of drug-likeness (QED) is 0.265.